The standard InChI is InChI=1S/C17H17Cl2NO3/c18-13-6-12(7-14(19)8-13)11-3-1-10(2-4-11)5-15(20)16(21)9-17(22)23/h1-4,6-8,15-16,21H,5,9,20H2,(H,22,23)/t15-,16+/m1/s1. The van der Waals surface area contributed by atoms with Gasteiger partial charge in [0.15, 0.2) is 0 Å². The number of benzene rings is 2. The van der Waals surface area contributed by atoms with E-state index in [1.165, 1.54) is 0 Å². The van der Waals surface area contributed by atoms with Crippen LogP contribution in [0.3, 0.4) is 0 Å². The number of aliphatic hydroxyl groups is 1. The Bertz CT molecular complexity index is 668. The van der Waals surface area contributed by atoms with Gasteiger partial charge < -0.3 is 15.9 Å². The van der Waals surface area contributed by atoms with Gasteiger partial charge in [-0.05, 0) is 41.3 Å². The zero-order chi connectivity index (χ0) is 17.0. The first-order valence-electron chi connectivity index (χ1n) is 7.06. The Morgan fingerprint density at radius 1 is 1.04 bits per heavy atom. The average Bonchev–Trinajstić information content (AvgIpc) is 2.46. The summed E-state index contributed by atoms with van der Waals surface area (Å²) in [5.74, 6) is -1.07. The van der Waals surface area contributed by atoms with E-state index in [1.54, 1.807) is 6.07 Å². The van der Waals surface area contributed by atoms with Gasteiger partial charge in [0.2, 0.25) is 0 Å². The predicted molar refractivity (Wildman–Crippen MR) is 91.8 cm³/mol. The third-order valence-corrected chi connectivity index (χ3v) is 3.94. The van der Waals surface area contributed by atoms with Gasteiger partial charge in [0.1, 0.15) is 0 Å². The molecule has 2 aromatic rings. The van der Waals surface area contributed by atoms with Crippen LogP contribution < -0.4 is 5.73 Å². The molecule has 0 aliphatic heterocycles. The lowest BCUT2D eigenvalue weighted by molar-refractivity contribution is -0.139. The van der Waals surface area contributed by atoms with E-state index in [1.807, 2.05) is 36.4 Å². The molecule has 0 saturated heterocycles. The molecule has 4 N–H and O–H groups in total. The zero-order valence-corrected chi connectivity index (χ0v) is 13.8. The number of rotatable bonds is 6. The van der Waals surface area contributed by atoms with Crippen LogP contribution in [0.1, 0.15) is 12.0 Å². The van der Waals surface area contributed by atoms with Crippen molar-refractivity contribution >= 4 is 29.2 Å². The topological polar surface area (TPSA) is 83.5 Å². The summed E-state index contributed by atoms with van der Waals surface area (Å²) in [7, 11) is 0. The highest BCUT2D eigenvalue weighted by atomic mass is 35.5. The van der Waals surface area contributed by atoms with E-state index in [0.29, 0.717) is 16.5 Å². The summed E-state index contributed by atoms with van der Waals surface area (Å²) in [4.78, 5) is 10.6. The Morgan fingerprint density at radius 2 is 1.61 bits per heavy atom. The molecule has 0 bridgehead atoms. The maximum absolute atomic E-state index is 10.6. The number of carboxylic acid groups (broad SMARTS) is 1. The van der Waals surface area contributed by atoms with Crippen LogP contribution in [0.4, 0.5) is 0 Å². The average molecular weight is 354 g/mol. The first-order valence-corrected chi connectivity index (χ1v) is 7.81. The fourth-order valence-electron chi connectivity index (χ4n) is 2.29. The maximum atomic E-state index is 10.6. The minimum absolute atomic E-state index is 0.361. The largest absolute Gasteiger partial charge is 0.481 e. The van der Waals surface area contributed by atoms with E-state index in [4.69, 9.17) is 34.0 Å². The normalized spacial score (nSPS) is 13.6. The Labute approximate surface area is 144 Å². The van der Waals surface area contributed by atoms with Crippen LogP contribution in [0.2, 0.25) is 10.0 Å². The number of hydrogen-bond acceptors (Lipinski definition) is 3. The molecule has 0 saturated carbocycles. The highest BCUT2D eigenvalue weighted by molar-refractivity contribution is 6.35. The molecule has 122 valence electrons. The molecular weight excluding hydrogens is 337 g/mol. The van der Waals surface area contributed by atoms with Gasteiger partial charge in [-0.3, -0.25) is 4.79 Å². The molecule has 2 atom stereocenters. The number of hydrogen-bond donors (Lipinski definition) is 3. The second kappa shape index (κ2) is 7.79. The van der Waals surface area contributed by atoms with Crippen LogP contribution in [0.5, 0.6) is 0 Å². The summed E-state index contributed by atoms with van der Waals surface area (Å²) < 4.78 is 0. The van der Waals surface area contributed by atoms with Crippen molar-refractivity contribution in [2.45, 2.75) is 25.0 Å². The molecule has 0 heterocycles. The first kappa shape index (κ1) is 17.8. The number of aliphatic carboxylic acids is 1. The number of nitrogens with two attached hydrogens (primary N) is 1. The molecule has 0 aromatic heterocycles. The van der Waals surface area contributed by atoms with E-state index in [9.17, 15) is 9.90 Å². The predicted octanol–water partition coefficient (Wildman–Crippen LogP) is 3.37. The summed E-state index contributed by atoms with van der Waals surface area (Å²) in [6.45, 7) is 0. The lowest BCUT2D eigenvalue weighted by Crippen LogP contribution is -2.38. The van der Waals surface area contributed by atoms with E-state index in [-0.39, 0.29) is 6.42 Å². The Kier molecular flexibility index (Phi) is 6.02. The van der Waals surface area contributed by atoms with Crippen LogP contribution in [0.25, 0.3) is 11.1 Å². The fourth-order valence-corrected chi connectivity index (χ4v) is 2.82. The fraction of sp³-hybridized carbons (Fsp3) is 0.235. The minimum Gasteiger partial charge on any atom is -0.481 e. The van der Waals surface area contributed by atoms with Crippen LogP contribution in [-0.2, 0) is 11.2 Å². The van der Waals surface area contributed by atoms with Gasteiger partial charge in [0.05, 0.1) is 12.5 Å². The van der Waals surface area contributed by atoms with Crippen LogP contribution in [0, 0.1) is 0 Å². The van der Waals surface area contributed by atoms with Gasteiger partial charge in [-0.25, -0.2) is 0 Å². The number of carbonyl (C=O) groups is 1. The van der Waals surface area contributed by atoms with Gasteiger partial charge in [0, 0.05) is 16.1 Å². The molecule has 2 aromatic carbocycles. The molecule has 0 spiro atoms. The van der Waals surface area contributed by atoms with Crippen LogP contribution >= 0.6 is 23.2 Å². The van der Waals surface area contributed by atoms with Crippen molar-refractivity contribution in [2.24, 2.45) is 5.73 Å². The van der Waals surface area contributed by atoms with Crippen molar-refractivity contribution < 1.29 is 15.0 Å². The van der Waals surface area contributed by atoms with Crippen molar-refractivity contribution in [3.63, 3.8) is 0 Å². The van der Waals surface area contributed by atoms with Crippen LogP contribution in [-0.4, -0.2) is 28.3 Å². The molecule has 0 unspecified atom stereocenters. The summed E-state index contributed by atoms with van der Waals surface area (Å²) >= 11 is 12.0. The molecule has 0 aliphatic rings. The highest BCUT2D eigenvalue weighted by Gasteiger charge is 2.18. The first-order chi connectivity index (χ1) is 10.8. The third-order valence-electron chi connectivity index (χ3n) is 3.50. The Balaban J connectivity index is 2.08. The number of aliphatic hydroxyl groups excluding tert-OH is 1. The summed E-state index contributed by atoms with van der Waals surface area (Å²) in [6.07, 6.45) is -1.04. The van der Waals surface area contributed by atoms with Crippen LogP contribution in [0.15, 0.2) is 42.5 Å². The summed E-state index contributed by atoms with van der Waals surface area (Å²) in [5.41, 5.74) is 8.62. The van der Waals surface area contributed by atoms with Crippen molar-refractivity contribution in [2.75, 3.05) is 0 Å². The summed E-state index contributed by atoms with van der Waals surface area (Å²) in [6, 6.07) is 12.3. The molecule has 0 radical (unpaired) electrons. The molecule has 0 aliphatic carbocycles. The lowest BCUT2D eigenvalue weighted by Gasteiger charge is -2.17. The SMILES string of the molecule is N[C@H](Cc1ccc(-c2cc(Cl)cc(Cl)c2)cc1)[C@@H](O)CC(=O)O. The molecule has 0 amide bonds. The maximum Gasteiger partial charge on any atom is 0.306 e. The molecule has 4 nitrogen and oxygen atoms in total. The number of carboxylic acids is 1. The summed E-state index contributed by atoms with van der Waals surface area (Å²) in [5, 5.41) is 19.5. The molecule has 0 fully saturated rings. The van der Waals surface area contributed by atoms with Gasteiger partial charge in [-0.2, -0.15) is 0 Å². The van der Waals surface area contributed by atoms with E-state index < -0.39 is 18.1 Å². The molecule has 2 rings (SSSR count). The minimum atomic E-state index is -1.07. The zero-order valence-electron chi connectivity index (χ0n) is 12.2. The molecular formula is C17H17Cl2NO3. The van der Waals surface area contributed by atoms with Gasteiger partial charge in [0.25, 0.3) is 0 Å². The van der Waals surface area contributed by atoms with Crippen molar-refractivity contribution in [3.8, 4) is 11.1 Å². The highest BCUT2D eigenvalue weighted by Crippen LogP contribution is 2.27. The second-order valence-corrected chi connectivity index (χ2v) is 6.26. The Hall–Kier alpha value is -1.59. The molecule has 6 heteroatoms. The van der Waals surface area contributed by atoms with E-state index >= 15 is 0 Å². The van der Waals surface area contributed by atoms with E-state index in [2.05, 4.69) is 0 Å². The van der Waals surface area contributed by atoms with Gasteiger partial charge in [-0.15, -0.1) is 0 Å². The van der Waals surface area contributed by atoms with Gasteiger partial charge >= 0.3 is 5.97 Å². The third kappa shape index (κ3) is 5.22. The van der Waals surface area contributed by atoms with Crippen molar-refractivity contribution in [1.29, 1.82) is 0 Å². The molecule has 23 heavy (non-hydrogen) atoms. The van der Waals surface area contributed by atoms with Crippen molar-refractivity contribution in [1.82, 2.24) is 0 Å². The number of halogens is 2. The quantitative estimate of drug-likeness (QED) is 0.743. The smallest absolute Gasteiger partial charge is 0.306 e. The second-order valence-electron chi connectivity index (χ2n) is 5.39. The lowest BCUT2D eigenvalue weighted by atomic mass is 9.98. The van der Waals surface area contributed by atoms with Gasteiger partial charge in [-0.1, -0.05) is 47.5 Å². The van der Waals surface area contributed by atoms with E-state index in [0.717, 1.165) is 16.7 Å². The Morgan fingerprint density at radius 3 is 2.13 bits per heavy atom. The van der Waals surface area contributed by atoms with Crippen molar-refractivity contribution in [3.05, 3.63) is 58.1 Å². The monoisotopic (exact) mass is 353 g/mol.